The predicted molar refractivity (Wildman–Crippen MR) is 83.1 cm³/mol. The summed E-state index contributed by atoms with van der Waals surface area (Å²) >= 11 is 0. The summed E-state index contributed by atoms with van der Waals surface area (Å²) in [4.78, 5) is 14.0. The van der Waals surface area contributed by atoms with Gasteiger partial charge in [-0.05, 0) is 30.9 Å². The number of piperidine rings is 1. The van der Waals surface area contributed by atoms with Gasteiger partial charge in [-0.25, -0.2) is 0 Å². The predicted octanol–water partition coefficient (Wildman–Crippen LogP) is 2.97. The van der Waals surface area contributed by atoms with Crippen LogP contribution in [-0.4, -0.2) is 44.2 Å². The Kier molecular flexibility index (Phi) is 6.01. The van der Waals surface area contributed by atoms with E-state index in [9.17, 15) is 13.6 Å². The van der Waals surface area contributed by atoms with Crippen LogP contribution in [0.4, 0.5) is 14.5 Å². The molecular formula is C16H22F2N2O3. The van der Waals surface area contributed by atoms with Crippen LogP contribution in [0.15, 0.2) is 18.2 Å². The SMILES string of the molecule is COc1ccc(NCC(=O)N2CCCC(C)C2)cc1OC(F)F. The topological polar surface area (TPSA) is 50.8 Å². The van der Waals surface area contributed by atoms with Crippen LogP contribution in [-0.2, 0) is 4.79 Å². The number of anilines is 1. The number of nitrogens with one attached hydrogen (secondary N) is 1. The first-order valence-corrected chi connectivity index (χ1v) is 7.64. The summed E-state index contributed by atoms with van der Waals surface area (Å²) in [5.41, 5.74) is 0.528. The molecule has 1 aliphatic rings. The van der Waals surface area contributed by atoms with Crippen LogP contribution in [0.1, 0.15) is 19.8 Å². The highest BCUT2D eigenvalue weighted by atomic mass is 19.3. The number of alkyl halides is 2. The van der Waals surface area contributed by atoms with Gasteiger partial charge in [0.1, 0.15) is 0 Å². The Bertz CT molecular complexity index is 540. The minimum atomic E-state index is -2.93. The van der Waals surface area contributed by atoms with E-state index >= 15 is 0 Å². The summed E-state index contributed by atoms with van der Waals surface area (Å²) in [6.45, 7) is 0.851. The van der Waals surface area contributed by atoms with Crippen LogP contribution >= 0.6 is 0 Å². The largest absolute Gasteiger partial charge is 0.493 e. The number of nitrogens with zero attached hydrogens (tertiary/aromatic N) is 1. The number of halogens is 2. The van der Waals surface area contributed by atoms with Gasteiger partial charge in [0.15, 0.2) is 11.5 Å². The molecule has 0 spiro atoms. The molecule has 1 atom stereocenters. The van der Waals surface area contributed by atoms with Crippen molar-refractivity contribution in [3.63, 3.8) is 0 Å². The zero-order valence-electron chi connectivity index (χ0n) is 13.4. The van der Waals surface area contributed by atoms with E-state index in [2.05, 4.69) is 17.0 Å². The van der Waals surface area contributed by atoms with Gasteiger partial charge < -0.3 is 19.7 Å². The molecule has 7 heteroatoms. The van der Waals surface area contributed by atoms with Crippen LogP contribution in [0.5, 0.6) is 11.5 Å². The summed E-state index contributed by atoms with van der Waals surface area (Å²) in [5.74, 6) is 0.669. The summed E-state index contributed by atoms with van der Waals surface area (Å²) in [5, 5.41) is 2.95. The molecule has 1 heterocycles. The molecule has 1 N–H and O–H groups in total. The number of likely N-dealkylation sites (tertiary alicyclic amines) is 1. The monoisotopic (exact) mass is 328 g/mol. The molecule has 1 fully saturated rings. The van der Waals surface area contributed by atoms with E-state index in [4.69, 9.17) is 4.74 Å². The molecule has 0 aliphatic carbocycles. The van der Waals surface area contributed by atoms with Gasteiger partial charge >= 0.3 is 6.61 Å². The second kappa shape index (κ2) is 7.99. The Balaban J connectivity index is 1.95. The van der Waals surface area contributed by atoms with Crippen LogP contribution in [0.25, 0.3) is 0 Å². The van der Waals surface area contributed by atoms with Gasteiger partial charge in [-0.3, -0.25) is 4.79 Å². The second-order valence-corrected chi connectivity index (χ2v) is 5.68. The lowest BCUT2D eigenvalue weighted by Gasteiger charge is -2.31. The molecule has 1 aromatic carbocycles. The van der Waals surface area contributed by atoms with Crippen molar-refractivity contribution in [3.05, 3.63) is 18.2 Å². The van der Waals surface area contributed by atoms with E-state index in [-0.39, 0.29) is 24.0 Å². The number of hydrogen-bond donors (Lipinski definition) is 1. The Morgan fingerprint density at radius 3 is 2.87 bits per heavy atom. The molecule has 0 saturated carbocycles. The quantitative estimate of drug-likeness (QED) is 0.872. The smallest absolute Gasteiger partial charge is 0.387 e. The van der Waals surface area contributed by atoms with E-state index in [1.54, 1.807) is 6.07 Å². The van der Waals surface area contributed by atoms with Gasteiger partial charge in [-0.1, -0.05) is 6.92 Å². The standard InChI is InChI=1S/C16H22F2N2O3/c1-11-4-3-7-20(10-11)15(21)9-19-12-5-6-13(22-2)14(8-12)23-16(17)18/h5-6,8,11,16,19H,3-4,7,9-10H2,1-2H3. The van der Waals surface area contributed by atoms with Crippen LogP contribution in [0.3, 0.4) is 0 Å². The number of rotatable bonds is 6. The molecule has 1 aliphatic heterocycles. The Morgan fingerprint density at radius 2 is 2.22 bits per heavy atom. The zero-order chi connectivity index (χ0) is 16.8. The van der Waals surface area contributed by atoms with Crippen molar-refractivity contribution in [1.82, 2.24) is 4.90 Å². The van der Waals surface area contributed by atoms with E-state index in [1.807, 2.05) is 4.90 Å². The Labute approximate surface area is 134 Å². The van der Waals surface area contributed by atoms with Crippen molar-refractivity contribution in [3.8, 4) is 11.5 Å². The van der Waals surface area contributed by atoms with Gasteiger partial charge in [0.2, 0.25) is 5.91 Å². The summed E-state index contributed by atoms with van der Waals surface area (Å²) in [6, 6.07) is 4.58. The number of carbonyl (C=O) groups excluding carboxylic acids is 1. The van der Waals surface area contributed by atoms with Crippen molar-refractivity contribution in [2.75, 3.05) is 32.1 Å². The lowest BCUT2D eigenvalue weighted by Crippen LogP contribution is -2.41. The maximum atomic E-state index is 12.4. The minimum absolute atomic E-state index is 0.00342. The van der Waals surface area contributed by atoms with Gasteiger partial charge in [0, 0.05) is 24.8 Å². The highest BCUT2D eigenvalue weighted by molar-refractivity contribution is 5.81. The number of methoxy groups -OCH3 is 1. The molecule has 128 valence electrons. The lowest BCUT2D eigenvalue weighted by molar-refractivity contribution is -0.130. The summed E-state index contributed by atoms with van der Waals surface area (Å²) < 4.78 is 34.2. The van der Waals surface area contributed by atoms with Gasteiger partial charge in [-0.15, -0.1) is 0 Å². The number of carbonyl (C=O) groups is 1. The van der Waals surface area contributed by atoms with Crippen LogP contribution in [0, 0.1) is 5.92 Å². The summed E-state index contributed by atoms with van der Waals surface area (Å²) in [7, 11) is 1.38. The first-order chi connectivity index (χ1) is 11.0. The molecule has 1 saturated heterocycles. The maximum Gasteiger partial charge on any atom is 0.387 e. The third-order valence-corrected chi connectivity index (χ3v) is 3.83. The minimum Gasteiger partial charge on any atom is -0.493 e. The molecule has 1 unspecified atom stereocenters. The van der Waals surface area contributed by atoms with Crippen molar-refractivity contribution < 1.29 is 23.0 Å². The summed E-state index contributed by atoms with van der Waals surface area (Å²) in [6.07, 6.45) is 2.16. The van der Waals surface area contributed by atoms with E-state index in [0.717, 1.165) is 25.9 Å². The van der Waals surface area contributed by atoms with Gasteiger partial charge in [-0.2, -0.15) is 8.78 Å². The van der Waals surface area contributed by atoms with Crippen LogP contribution in [0.2, 0.25) is 0 Å². The molecule has 0 aromatic heterocycles. The molecule has 1 aromatic rings. The lowest BCUT2D eigenvalue weighted by atomic mass is 10.0. The number of benzene rings is 1. The van der Waals surface area contributed by atoms with Crippen LogP contribution < -0.4 is 14.8 Å². The molecule has 1 amide bonds. The average Bonchev–Trinajstić information content (AvgIpc) is 2.52. The van der Waals surface area contributed by atoms with Crippen molar-refractivity contribution in [1.29, 1.82) is 0 Å². The van der Waals surface area contributed by atoms with Gasteiger partial charge in [0.05, 0.1) is 13.7 Å². The average molecular weight is 328 g/mol. The molecule has 5 nitrogen and oxygen atoms in total. The normalized spacial score (nSPS) is 18.0. The zero-order valence-corrected chi connectivity index (χ0v) is 13.4. The fraction of sp³-hybridized carbons (Fsp3) is 0.562. The second-order valence-electron chi connectivity index (χ2n) is 5.68. The number of ether oxygens (including phenoxy) is 2. The first kappa shape index (κ1) is 17.3. The Morgan fingerprint density at radius 1 is 1.43 bits per heavy atom. The third kappa shape index (κ3) is 4.97. The van der Waals surface area contributed by atoms with Crippen molar-refractivity contribution in [2.24, 2.45) is 5.92 Å². The Hall–Kier alpha value is -2.05. The molecule has 23 heavy (non-hydrogen) atoms. The molecule has 0 bridgehead atoms. The van der Waals surface area contributed by atoms with E-state index in [1.165, 1.54) is 19.2 Å². The highest BCUT2D eigenvalue weighted by Gasteiger charge is 2.20. The fourth-order valence-corrected chi connectivity index (χ4v) is 2.68. The molecule has 0 radical (unpaired) electrons. The van der Waals surface area contributed by atoms with E-state index in [0.29, 0.717) is 11.6 Å². The first-order valence-electron chi connectivity index (χ1n) is 7.64. The third-order valence-electron chi connectivity index (χ3n) is 3.83. The van der Waals surface area contributed by atoms with Gasteiger partial charge in [0.25, 0.3) is 0 Å². The molecule has 2 rings (SSSR count). The highest BCUT2D eigenvalue weighted by Crippen LogP contribution is 2.31. The van der Waals surface area contributed by atoms with Crippen molar-refractivity contribution in [2.45, 2.75) is 26.4 Å². The number of amides is 1. The van der Waals surface area contributed by atoms with E-state index < -0.39 is 6.61 Å². The molecular weight excluding hydrogens is 306 g/mol. The fourth-order valence-electron chi connectivity index (χ4n) is 2.68. The maximum absolute atomic E-state index is 12.4. The van der Waals surface area contributed by atoms with Crippen molar-refractivity contribution >= 4 is 11.6 Å². The number of hydrogen-bond acceptors (Lipinski definition) is 4.